The van der Waals surface area contributed by atoms with E-state index in [0.717, 1.165) is 22.2 Å². The van der Waals surface area contributed by atoms with Crippen molar-refractivity contribution in [1.29, 1.82) is 0 Å². The normalized spacial score (nSPS) is 14.9. The fourth-order valence-electron chi connectivity index (χ4n) is 3.15. The number of carbonyl (C=O) groups excluding carboxylic acids is 3. The van der Waals surface area contributed by atoms with Gasteiger partial charge in [-0.15, -0.1) is 0 Å². The zero-order chi connectivity index (χ0) is 25.0. The summed E-state index contributed by atoms with van der Waals surface area (Å²) in [6, 6.07) is 21.0. The number of carbonyl (C=O) groups is 3. The van der Waals surface area contributed by atoms with Gasteiger partial charge >= 0.3 is 10.1 Å². The number of thioether (sulfide) groups is 1. The van der Waals surface area contributed by atoms with E-state index >= 15 is 0 Å². The number of imide groups is 1. The number of para-hydroxylation sites is 1. The van der Waals surface area contributed by atoms with Crippen LogP contribution in [0.5, 0.6) is 5.75 Å². The van der Waals surface area contributed by atoms with Crippen molar-refractivity contribution in [2.45, 2.75) is 11.8 Å². The van der Waals surface area contributed by atoms with Gasteiger partial charge in [0.25, 0.3) is 11.1 Å². The highest BCUT2D eigenvalue weighted by molar-refractivity contribution is 8.18. The van der Waals surface area contributed by atoms with Crippen LogP contribution in [0.1, 0.15) is 11.1 Å². The minimum absolute atomic E-state index is 0.0390. The maximum absolute atomic E-state index is 12.7. The highest BCUT2D eigenvalue weighted by Gasteiger charge is 2.36. The largest absolute Gasteiger partial charge is 0.379 e. The molecule has 1 N–H and O–H groups in total. The zero-order valence-electron chi connectivity index (χ0n) is 18.5. The van der Waals surface area contributed by atoms with Gasteiger partial charge in [-0.2, -0.15) is 8.42 Å². The third kappa shape index (κ3) is 5.97. The van der Waals surface area contributed by atoms with E-state index in [2.05, 4.69) is 5.32 Å². The average Bonchev–Trinajstić information content (AvgIpc) is 3.08. The van der Waals surface area contributed by atoms with Crippen LogP contribution in [0.2, 0.25) is 0 Å². The maximum Gasteiger partial charge on any atom is 0.339 e. The second-order valence-corrected chi connectivity index (χ2v) is 10.1. The Bertz CT molecular complexity index is 1400. The average molecular weight is 509 g/mol. The Kier molecular flexibility index (Phi) is 7.04. The molecule has 1 aliphatic rings. The molecule has 3 amide bonds. The molecule has 0 aromatic heterocycles. The molecule has 1 fully saturated rings. The number of nitrogens with one attached hydrogen (secondary N) is 1. The number of anilines is 1. The Hall–Kier alpha value is -3.89. The predicted molar refractivity (Wildman–Crippen MR) is 133 cm³/mol. The predicted octanol–water partition coefficient (Wildman–Crippen LogP) is 4.44. The quantitative estimate of drug-likeness (QED) is 0.371. The lowest BCUT2D eigenvalue weighted by Crippen LogP contribution is -2.36. The van der Waals surface area contributed by atoms with Crippen molar-refractivity contribution < 1.29 is 27.0 Å². The van der Waals surface area contributed by atoms with Crippen LogP contribution in [-0.2, 0) is 19.7 Å². The standard InChI is InChI=1S/C25H20N2O6S2/c1-17-7-13-21(14-8-17)35(31,32)33-20-11-9-18(10-12-20)15-22-24(29)27(25(30)34-22)16-23(28)26-19-5-3-2-4-6-19/h2-15H,16H2,1H3,(H,26,28)/b22-15-. The van der Waals surface area contributed by atoms with Crippen LogP contribution < -0.4 is 9.50 Å². The fraction of sp³-hybridized carbons (Fsp3) is 0.0800. The molecule has 4 rings (SSSR count). The Labute approximate surface area is 206 Å². The highest BCUT2D eigenvalue weighted by atomic mass is 32.2. The molecule has 0 spiro atoms. The van der Waals surface area contributed by atoms with Crippen molar-refractivity contribution in [3.8, 4) is 5.75 Å². The lowest BCUT2D eigenvalue weighted by Gasteiger charge is -2.12. The molecule has 8 nitrogen and oxygen atoms in total. The topological polar surface area (TPSA) is 110 Å². The molecule has 0 unspecified atom stereocenters. The van der Waals surface area contributed by atoms with E-state index in [0.29, 0.717) is 11.3 Å². The molecular formula is C25H20N2O6S2. The minimum atomic E-state index is -3.99. The number of hydrogen-bond acceptors (Lipinski definition) is 7. The summed E-state index contributed by atoms with van der Waals surface area (Å²) >= 11 is 0.729. The van der Waals surface area contributed by atoms with Gasteiger partial charge in [-0.3, -0.25) is 19.3 Å². The first kappa shape index (κ1) is 24.2. The van der Waals surface area contributed by atoms with E-state index in [-0.39, 0.29) is 15.6 Å². The van der Waals surface area contributed by atoms with Crippen LogP contribution in [0.3, 0.4) is 0 Å². The van der Waals surface area contributed by atoms with Crippen molar-refractivity contribution in [2.24, 2.45) is 0 Å². The molecule has 1 aliphatic heterocycles. The highest BCUT2D eigenvalue weighted by Crippen LogP contribution is 2.32. The van der Waals surface area contributed by atoms with Crippen molar-refractivity contribution in [2.75, 3.05) is 11.9 Å². The molecule has 0 aliphatic carbocycles. The van der Waals surface area contributed by atoms with E-state index in [1.165, 1.54) is 30.3 Å². The van der Waals surface area contributed by atoms with Crippen molar-refractivity contribution >= 4 is 50.7 Å². The van der Waals surface area contributed by atoms with Crippen molar-refractivity contribution in [3.05, 3.63) is 94.9 Å². The second kappa shape index (κ2) is 10.2. The zero-order valence-corrected chi connectivity index (χ0v) is 20.1. The fourth-order valence-corrected chi connectivity index (χ4v) is 4.92. The number of rotatable bonds is 7. The monoisotopic (exact) mass is 508 g/mol. The Morgan fingerprint density at radius 2 is 1.63 bits per heavy atom. The van der Waals surface area contributed by atoms with Crippen LogP contribution >= 0.6 is 11.8 Å². The second-order valence-electron chi connectivity index (χ2n) is 7.60. The molecular weight excluding hydrogens is 488 g/mol. The SMILES string of the molecule is Cc1ccc(S(=O)(=O)Oc2ccc(/C=C3\SC(=O)N(CC(=O)Nc4ccccc4)C3=O)cc2)cc1. The first-order valence-corrected chi connectivity index (χ1v) is 12.7. The summed E-state index contributed by atoms with van der Waals surface area (Å²) in [4.78, 5) is 38.3. The lowest BCUT2D eigenvalue weighted by atomic mass is 10.2. The lowest BCUT2D eigenvalue weighted by molar-refractivity contribution is -0.127. The smallest absolute Gasteiger partial charge is 0.339 e. The molecule has 0 bridgehead atoms. The Morgan fingerprint density at radius 3 is 2.29 bits per heavy atom. The maximum atomic E-state index is 12.7. The first-order chi connectivity index (χ1) is 16.7. The number of nitrogens with zero attached hydrogens (tertiary/aromatic N) is 1. The van der Waals surface area contributed by atoms with Gasteiger partial charge in [-0.1, -0.05) is 48.0 Å². The van der Waals surface area contributed by atoms with Gasteiger partial charge in [0.05, 0.1) is 4.91 Å². The van der Waals surface area contributed by atoms with E-state index in [1.807, 2.05) is 6.92 Å². The van der Waals surface area contributed by atoms with Gasteiger partial charge in [-0.25, -0.2) is 0 Å². The van der Waals surface area contributed by atoms with Crippen LogP contribution in [-0.4, -0.2) is 36.9 Å². The molecule has 1 saturated heterocycles. The van der Waals surface area contributed by atoms with Crippen LogP contribution in [0.25, 0.3) is 6.08 Å². The molecule has 35 heavy (non-hydrogen) atoms. The van der Waals surface area contributed by atoms with E-state index in [1.54, 1.807) is 54.6 Å². The van der Waals surface area contributed by atoms with Gasteiger partial charge in [0, 0.05) is 5.69 Å². The number of benzene rings is 3. The van der Waals surface area contributed by atoms with Gasteiger partial charge in [0.2, 0.25) is 5.91 Å². The van der Waals surface area contributed by atoms with E-state index in [9.17, 15) is 22.8 Å². The molecule has 10 heteroatoms. The molecule has 0 saturated carbocycles. The summed E-state index contributed by atoms with van der Waals surface area (Å²) in [5.74, 6) is -0.963. The summed E-state index contributed by atoms with van der Waals surface area (Å²) in [7, 11) is -3.99. The summed E-state index contributed by atoms with van der Waals surface area (Å²) < 4.78 is 30.0. The summed E-state index contributed by atoms with van der Waals surface area (Å²) in [6.45, 7) is 1.45. The van der Waals surface area contributed by atoms with E-state index in [4.69, 9.17) is 4.18 Å². The van der Waals surface area contributed by atoms with Gasteiger partial charge < -0.3 is 9.50 Å². The third-order valence-electron chi connectivity index (χ3n) is 4.93. The van der Waals surface area contributed by atoms with Gasteiger partial charge in [-0.05, 0) is 66.7 Å². The van der Waals surface area contributed by atoms with Gasteiger partial charge in [0.15, 0.2) is 0 Å². The van der Waals surface area contributed by atoms with Crippen LogP contribution in [0.15, 0.2) is 88.7 Å². The minimum Gasteiger partial charge on any atom is -0.379 e. The molecule has 1 heterocycles. The summed E-state index contributed by atoms with van der Waals surface area (Å²) in [5.41, 5.74) is 2.05. The number of hydrogen-bond donors (Lipinski definition) is 1. The molecule has 0 radical (unpaired) electrons. The first-order valence-electron chi connectivity index (χ1n) is 10.4. The van der Waals surface area contributed by atoms with E-state index < -0.39 is 33.7 Å². The van der Waals surface area contributed by atoms with Crippen molar-refractivity contribution in [3.63, 3.8) is 0 Å². The summed E-state index contributed by atoms with van der Waals surface area (Å²) in [6.07, 6.45) is 1.50. The van der Waals surface area contributed by atoms with Crippen molar-refractivity contribution in [1.82, 2.24) is 4.90 Å². The third-order valence-corrected chi connectivity index (χ3v) is 7.10. The van der Waals surface area contributed by atoms with Crippen LogP contribution in [0.4, 0.5) is 10.5 Å². The Morgan fingerprint density at radius 1 is 0.971 bits per heavy atom. The van der Waals surface area contributed by atoms with Gasteiger partial charge in [0.1, 0.15) is 17.2 Å². The molecule has 3 aromatic rings. The molecule has 178 valence electrons. The number of aryl methyl sites for hydroxylation is 1. The van der Waals surface area contributed by atoms with Crippen LogP contribution in [0, 0.1) is 6.92 Å². The summed E-state index contributed by atoms with van der Waals surface area (Å²) in [5, 5.41) is 2.09. The molecule has 0 atom stereocenters. The number of amides is 3. The Balaban J connectivity index is 1.41. The molecule has 3 aromatic carbocycles.